The molecule has 0 radical (unpaired) electrons. The van der Waals surface area contributed by atoms with Crippen molar-refractivity contribution in [2.45, 2.75) is 26.2 Å². The van der Waals surface area contributed by atoms with Crippen LogP contribution >= 0.6 is 28.3 Å². The summed E-state index contributed by atoms with van der Waals surface area (Å²) in [4.78, 5) is 8.70. The number of hydrogen-bond acceptors (Lipinski definition) is 7. The van der Waals surface area contributed by atoms with Crippen molar-refractivity contribution < 1.29 is 4.74 Å². The fraction of sp³-hybridized carbons (Fsp3) is 0.294. The van der Waals surface area contributed by atoms with Crippen LogP contribution in [0.3, 0.4) is 0 Å². The molecule has 138 valence electrons. The molecule has 26 heavy (non-hydrogen) atoms. The molecule has 0 spiro atoms. The molecule has 0 aliphatic carbocycles. The zero-order valence-corrected chi connectivity index (χ0v) is 17.5. The summed E-state index contributed by atoms with van der Waals surface area (Å²) >= 11 is 1.48. The van der Waals surface area contributed by atoms with Crippen molar-refractivity contribution in [2.24, 2.45) is 5.10 Å². The highest BCUT2D eigenvalue weighted by atomic mass is 79.9. The molecule has 0 unspecified atom stereocenters. The maximum atomic E-state index is 5.31. The number of nitrogens with one attached hydrogen (secondary N) is 1. The number of aromatic nitrogens is 4. The minimum atomic E-state index is -0.121. The van der Waals surface area contributed by atoms with Crippen LogP contribution in [0.5, 0.6) is 5.75 Å². The second-order valence-corrected chi connectivity index (χ2v) is 7.35. The number of methoxy groups -OCH3 is 1. The predicted octanol–water partition coefficient (Wildman–Crippen LogP) is 4.05. The molecule has 1 aromatic carbocycles. The smallest absolute Gasteiger partial charge is 0.205 e. The Morgan fingerprint density at radius 2 is 2.04 bits per heavy atom. The lowest BCUT2D eigenvalue weighted by Crippen LogP contribution is -2.15. The van der Waals surface area contributed by atoms with E-state index in [4.69, 9.17) is 4.74 Å². The fourth-order valence-corrected chi connectivity index (χ4v) is 3.30. The number of anilines is 1. The van der Waals surface area contributed by atoms with Gasteiger partial charge in [0.1, 0.15) is 23.4 Å². The van der Waals surface area contributed by atoms with Crippen LogP contribution in [0.2, 0.25) is 0 Å². The Labute approximate surface area is 166 Å². The standard InChI is InChI=1S/C17H20N6OS.BrH/c1-17(2,3)14-15(23-11-18-10-20-23)25-16(21-14)22-19-9-12-7-5-6-8-13(12)24-4;/h5-11H,1-4H3,(H,21,22);1H/b19-9+;. The third-order valence-electron chi connectivity index (χ3n) is 3.45. The molecule has 0 aliphatic rings. The Morgan fingerprint density at radius 3 is 2.69 bits per heavy atom. The Morgan fingerprint density at radius 1 is 1.27 bits per heavy atom. The molecular weight excluding hydrogens is 416 g/mol. The quantitative estimate of drug-likeness (QED) is 0.481. The van der Waals surface area contributed by atoms with Gasteiger partial charge in [-0.3, -0.25) is 5.43 Å². The normalized spacial score (nSPS) is 11.4. The maximum absolute atomic E-state index is 5.31. The first-order valence-corrected chi connectivity index (χ1v) is 8.59. The second kappa shape index (κ2) is 8.41. The number of hydrogen-bond donors (Lipinski definition) is 1. The van der Waals surface area contributed by atoms with Crippen LogP contribution in [0, 0.1) is 0 Å². The average Bonchev–Trinajstić information content (AvgIpc) is 3.24. The van der Waals surface area contributed by atoms with E-state index in [-0.39, 0.29) is 22.4 Å². The van der Waals surface area contributed by atoms with Gasteiger partial charge in [-0.05, 0) is 12.1 Å². The minimum absolute atomic E-state index is 0. The Bertz CT molecular complexity index is 870. The number of ether oxygens (including phenoxy) is 1. The molecule has 3 rings (SSSR count). The van der Waals surface area contributed by atoms with E-state index in [1.54, 1.807) is 24.3 Å². The Balaban J connectivity index is 0.00000243. The van der Waals surface area contributed by atoms with Gasteiger partial charge in [0, 0.05) is 11.0 Å². The molecule has 0 bridgehead atoms. The van der Waals surface area contributed by atoms with Crippen molar-refractivity contribution >= 4 is 39.7 Å². The largest absolute Gasteiger partial charge is 0.496 e. The summed E-state index contributed by atoms with van der Waals surface area (Å²) in [6.07, 6.45) is 4.90. The summed E-state index contributed by atoms with van der Waals surface area (Å²) in [5, 5.41) is 10.1. The van der Waals surface area contributed by atoms with Crippen molar-refractivity contribution in [3.05, 3.63) is 48.2 Å². The highest BCUT2D eigenvalue weighted by Gasteiger charge is 2.24. The maximum Gasteiger partial charge on any atom is 0.205 e. The summed E-state index contributed by atoms with van der Waals surface area (Å²) in [6.45, 7) is 6.35. The van der Waals surface area contributed by atoms with Gasteiger partial charge in [-0.1, -0.05) is 44.2 Å². The van der Waals surface area contributed by atoms with Crippen molar-refractivity contribution in [1.82, 2.24) is 19.7 Å². The second-order valence-electron chi connectivity index (χ2n) is 6.37. The molecule has 9 heteroatoms. The van der Waals surface area contributed by atoms with Gasteiger partial charge in [-0.25, -0.2) is 14.6 Å². The third-order valence-corrected chi connectivity index (χ3v) is 4.40. The molecule has 0 atom stereocenters. The van der Waals surface area contributed by atoms with E-state index in [1.807, 2.05) is 24.3 Å². The van der Waals surface area contributed by atoms with E-state index in [9.17, 15) is 0 Å². The van der Waals surface area contributed by atoms with Gasteiger partial charge < -0.3 is 4.74 Å². The van der Waals surface area contributed by atoms with Crippen LogP contribution in [0.1, 0.15) is 32.0 Å². The van der Waals surface area contributed by atoms with E-state index in [2.05, 4.69) is 46.4 Å². The SMILES string of the molecule is Br.COc1ccccc1/C=N/Nc1nc(C(C)(C)C)c(-n2cncn2)s1. The topological polar surface area (TPSA) is 77.2 Å². The molecule has 7 nitrogen and oxygen atoms in total. The van der Waals surface area contributed by atoms with Gasteiger partial charge >= 0.3 is 0 Å². The van der Waals surface area contributed by atoms with Crippen LogP contribution in [-0.2, 0) is 5.41 Å². The highest BCUT2D eigenvalue weighted by molar-refractivity contribution is 8.93. The predicted molar refractivity (Wildman–Crippen MR) is 110 cm³/mol. The number of benzene rings is 1. The Hall–Kier alpha value is -2.26. The summed E-state index contributed by atoms with van der Waals surface area (Å²) < 4.78 is 7.04. The van der Waals surface area contributed by atoms with Crippen molar-refractivity contribution in [3.63, 3.8) is 0 Å². The number of para-hydroxylation sites is 1. The summed E-state index contributed by atoms with van der Waals surface area (Å²) in [5.74, 6) is 0.769. The van der Waals surface area contributed by atoms with Crippen LogP contribution in [0.4, 0.5) is 5.13 Å². The molecule has 0 saturated heterocycles. The van der Waals surface area contributed by atoms with Crippen LogP contribution in [0.15, 0.2) is 42.0 Å². The first kappa shape index (κ1) is 20.1. The van der Waals surface area contributed by atoms with E-state index in [1.165, 1.54) is 17.7 Å². The Kier molecular flexibility index (Phi) is 6.49. The average molecular weight is 437 g/mol. The zero-order chi connectivity index (χ0) is 17.9. The van der Waals surface area contributed by atoms with Gasteiger partial charge in [0.15, 0.2) is 0 Å². The molecular formula is C17H21BrN6OS. The first-order chi connectivity index (χ1) is 12.0. The van der Waals surface area contributed by atoms with Gasteiger partial charge in [-0.2, -0.15) is 10.2 Å². The molecule has 2 aromatic heterocycles. The van der Waals surface area contributed by atoms with Gasteiger partial charge in [-0.15, -0.1) is 17.0 Å². The van der Waals surface area contributed by atoms with Gasteiger partial charge in [0.2, 0.25) is 5.13 Å². The van der Waals surface area contributed by atoms with Gasteiger partial charge in [0.25, 0.3) is 0 Å². The number of nitrogens with zero attached hydrogens (tertiary/aromatic N) is 5. The van der Waals surface area contributed by atoms with Crippen molar-refractivity contribution in [1.29, 1.82) is 0 Å². The van der Waals surface area contributed by atoms with Crippen LogP contribution < -0.4 is 10.2 Å². The third kappa shape index (κ3) is 4.47. The lowest BCUT2D eigenvalue weighted by Gasteiger charge is -2.16. The zero-order valence-electron chi connectivity index (χ0n) is 15.0. The van der Waals surface area contributed by atoms with Gasteiger partial charge in [0.05, 0.1) is 19.0 Å². The number of hydrazone groups is 1. The number of thiazole rings is 1. The van der Waals surface area contributed by atoms with Crippen molar-refractivity contribution in [2.75, 3.05) is 12.5 Å². The van der Waals surface area contributed by atoms with E-state index >= 15 is 0 Å². The summed E-state index contributed by atoms with van der Waals surface area (Å²) in [5.41, 5.74) is 4.71. The summed E-state index contributed by atoms with van der Waals surface area (Å²) in [7, 11) is 1.64. The number of rotatable bonds is 5. The molecule has 3 aromatic rings. The van der Waals surface area contributed by atoms with Crippen molar-refractivity contribution in [3.8, 4) is 10.8 Å². The monoisotopic (exact) mass is 436 g/mol. The van der Waals surface area contributed by atoms with Crippen LogP contribution in [0.25, 0.3) is 5.00 Å². The molecule has 1 N–H and O–H groups in total. The molecule has 0 fully saturated rings. The first-order valence-electron chi connectivity index (χ1n) is 7.77. The van der Waals surface area contributed by atoms with E-state index in [0.717, 1.165) is 22.0 Å². The van der Waals surface area contributed by atoms with Crippen LogP contribution in [-0.4, -0.2) is 33.1 Å². The molecule has 0 aliphatic heterocycles. The molecule has 2 heterocycles. The highest BCUT2D eigenvalue weighted by Crippen LogP contribution is 2.34. The molecule has 0 saturated carbocycles. The van der Waals surface area contributed by atoms with E-state index in [0.29, 0.717) is 5.13 Å². The summed E-state index contributed by atoms with van der Waals surface area (Å²) in [6, 6.07) is 7.69. The number of halogens is 1. The lowest BCUT2D eigenvalue weighted by molar-refractivity contribution is 0.414. The minimum Gasteiger partial charge on any atom is -0.496 e. The molecule has 0 amide bonds. The van der Waals surface area contributed by atoms with E-state index < -0.39 is 0 Å². The lowest BCUT2D eigenvalue weighted by atomic mass is 9.92. The fourth-order valence-electron chi connectivity index (χ4n) is 2.25.